The fourth-order valence-corrected chi connectivity index (χ4v) is 3.48. The van der Waals surface area contributed by atoms with Gasteiger partial charge in [-0.25, -0.2) is 9.59 Å². The van der Waals surface area contributed by atoms with Crippen LogP contribution in [0, 0.1) is 0 Å². The molecular weight excluding hydrogens is 552 g/mol. The van der Waals surface area contributed by atoms with E-state index in [1.807, 2.05) is 0 Å². The minimum Gasteiger partial charge on any atom is -0.466 e. The third kappa shape index (κ3) is 23.3. The molecule has 0 rings (SSSR count). The number of Topliss-reactive ketones (excluding diaryl/α,β-unsaturated/α-hetero) is 1. The predicted molar refractivity (Wildman–Crippen MR) is 154 cm³/mol. The zero-order valence-electron chi connectivity index (χ0n) is 26.2. The molecule has 3 atom stereocenters. The van der Waals surface area contributed by atoms with Crippen LogP contribution in [-0.4, -0.2) is 97.6 Å². The van der Waals surface area contributed by atoms with Crippen LogP contribution in [0.4, 0.5) is 4.79 Å². The summed E-state index contributed by atoms with van der Waals surface area (Å²) in [5.41, 5.74) is -1.08. The maximum absolute atomic E-state index is 12.2. The zero-order valence-corrected chi connectivity index (χ0v) is 26.2. The van der Waals surface area contributed by atoms with Crippen molar-refractivity contribution in [3.8, 4) is 0 Å². The molecule has 0 amide bonds. The van der Waals surface area contributed by atoms with Crippen molar-refractivity contribution < 1.29 is 57.8 Å². The molecule has 12 heteroatoms. The van der Waals surface area contributed by atoms with Gasteiger partial charge in [-0.2, -0.15) is 0 Å². The summed E-state index contributed by atoms with van der Waals surface area (Å²) in [6.45, 7) is 9.29. The van der Waals surface area contributed by atoms with Crippen molar-refractivity contribution in [2.24, 2.45) is 0 Å². The highest BCUT2D eigenvalue weighted by molar-refractivity contribution is 5.83. The molecule has 0 aliphatic heterocycles. The van der Waals surface area contributed by atoms with Gasteiger partial charge in [-0.3, -0.25) is 9.59 Å². The number of ether oxygens (including phenoxy) is 6. The summed E-state index contributed by atoms with van der Waals surface area (Å²) in [5, 5.41) is 18.2. The molecule has 3 unspecified atom stereocenters. The summed E-state index contributed by atoms with van der Waals surface area (Å²) < 4.78 is 31.0. The van der Waals surface area contributed by atoms with Crippen molar-refractivity contribution in [3.63, 3.8) is 0 Å². The molecule has 0 aromatic rings. The lowest BCUT2D eigenvalue weighted by atomic mass is 10.1. The van der Waals surface area contributed by atoms with Crippen LogP contribution in [0.1, 0.15) is 105 Å². The molecule has 0 aromatic heterocycles. The third-order valence-electron chi connectivity index (χ3n) is 6.04. The van der Waals surface area contributed by atoms with Gasteiger partial charge >= 0.3 is 18.1 Å². The van der Waals surface area contributed by atoms with Gasteiger partial charge in [0.25, 0.3) is 0 Å². The van der Waals surface area contributed by atoms with Gasteiger partial charge < -0.3 is 38.6 Å². The highest BCUT2D eigenvalue weighted by Crippen LogP contribution is 2.14. The van der Waals surface area contributed by atoms with Gasteiger partial charge in [0, 0.05) is 26.1 Å². The number of carbonyl (C=O) groups excluding carboxylic acids is 4. The quantitative estimate of drug-likeness (QED) is 0.0826. The van der Waals surface area contributed by atoms with E-state index in [1.54, 1.807) is 20.8 Å². The topological polar surface area (TPSA) is 164 Å². The number of esters is 2. The summed E-state index contributed by atoms with van der Waals surface area (Å²) in [7, 11) is 0. The molecule has 0 aromatic carbocycles. The minimum atomic E-state index is -1.08. The van der Waals surface area contributed by atoms with E-state index in [1.165, 1.54) is 13.8 Å². The van der Waals surface area contributed by atoms with E-state index in [9.17, 15) is 24.3 Å². The maximum Gasteiger partial charge on any atom is 0.508 e. The second kappa shape index (κ2) is 24.2. The van der Waals surface area contributed by atoms with Crippen LogP contribution in [-0.2, 0) is 42.8 Å². The summed E-state index contributed by atoms with van der Waals surface area (Å²) in [4.78, 5) is 47.4. The average molecular weight is 607 g/mol. The fraction of sp³-hybridized carbons (Fsp3) is 0.867. The lowest BCUT2D eigenvalue weighted by Crippen LogP contribution is -2.38. The molecule has 0 heterocycles. The number of aliphatic hydroxyl groups excluding tert-OH is 2. The lowest BCUT2D eigenvalue weighted by Gasteiger charge is -2.23. The number of rotatable bonds is 26. The Bertz CT molecular complexity index is 751. The Hall–Kier alpha value is -2.28. The second-order valence-electron chi connectivity index (χ2n) is 10.9. The molecule has 12 nitrogen and oxygen atoms in total. The number of hydrogen-bond donors (Lipinski definition) is 2. The van der Waals surface area contributed by atoms with E-state index >= 15 is 0 Å². The molecule has 42 heavy (non-hydrogen) atoms. The number of carbonyl (C=O) groups is 4. The summed E-state index contributed by atoms with van der Waals surface area (Å²) >= 11 is 0. The second-order valence-corrected chi connectivity index (χ2v) is 10.9. The minimum absolute atomic E-state index is 0.0477. The Morgan fingerprint density at radius 1 is 0.619 bits per heavy atom. The van der Waals surface area contributed by atoms with E-state index in [0.29, 0.717) is 32.7 Å². The first kappa shape index (κ1) is 39.7. The number of ketones is 1. The SMILES string of the molecule is CC(O)COC(=O)OCCCCCCOC(C)C(=O)CCCC(=O)OCCCCCCOC(C)(C)C(=O)OCC(C)O. The third-order valence-corrected chi connectivity index (χ3v) is 6.04. The van der Waals surface area contributed by atoms with E-state index in [-0.39, 0.29) is 44.4 Å². The van der Waals surface area contributed by atoms with Gasteiger partial charge in [-0.15, -0.1) is 0 Å². The van der Waals surface area contributed by atoms with Crippen LogP contribution in [0.25, 0.3) is 0 Å². The van der Waals surface area contributed by atoms with Gasteiger partial charge in [-0.1, -0.05) is 12.8 Å². The first-order chi connectivity index (χ1) is 19.8. The van der Waals surface area contributed by atoms with Crippen molar-refractivity contribution >= 4 is 23.9 Å². The summed E-state index contributed by atoms with van der Waals surface area (Å²) in [6, 6.07) is 0. The molecule has 0 saturated heterocycles. The monoisotopic (exact) mass is 606 g/mol. The lowest BCUT2D eigenvalue weighted by molar-refractivity contribution is -0.170. The Balaban J connectivity index is 3.67. The Labute approximate surface area is 250 Å². The van der Waals surface area contributed by atoms with Crippen LogP contribution >= 0.6 is 0 Å². The van der Waals surface area contributed by atoms with E-state index in [2.05, 4.69) is 0 Å². The van der Waals surface area contributed by atoms with Crippen molar-refractivity contribution in [2.45, 2.75) is 129 Å². The Kier molecular flexibility index (Phi) is 22.9. The molecule has 0 aliphatic carbocycles. The van der Waals surface area contributed by atoms with Gasteiger partial charge in [0.15, 0.2) is 11.4 Å². The van der Waals surface area contributed by atoms with Crippen molar-refractivity contribution in [1.82, 2.24) is 0 Å². The van der Waals surface area contributed by atoms with Gasteiger partial charge in [-0.05, 0) is 79.6 Å². The van der Waals surface area contributed by atoms with Crippen molar-refractivity contribution in [1.29, 1.82) is 0 Å². The first-order valence-corrected chi connectivity index (χ1v) is 15.1. The first-order valence-electron chi connectivity index (χ1n) is 15.1. The van der Waals surface area contributed by atoms with E-state index in [0.717, 1.165) is 44.9 Å². The molecule has 0 radical (unpaired) electrons. The van der Waals surface area contributed by atoms with Crippen LogP contribution in [0.3, 0.4) is 0 Å². The van der Waals surface area contributed by atoms with Crippen LogP contribution < -0.4 is 0 Å². The van der Waals surface area contributed by atoms with E-state index < -0.39 is 36.0 Å². The highest BCUT2D eigenvalue weighted by Gasteiger charge is 2.30. The van der Waals surface area contributed by atoms with Crippen LogP contribution in [0.5, 0.6) is 0 Å². The number of hydrogen-bond acceptors (Lipinski definition) is 12. The maximum atomic E-state index is 12.2. The molecule has 246 valence electrons. The normalized spacial score (nSPS) is 13.6. The molecule has 0 fully saturated rings. The standard InChI is InChI=1S/C30H54O12/c1-23(31)21-40-28(35)30(4,5)42-20-13-9-8-11-18-38-27(34)16-14-15-26(33)25(3)37-17-10-6-7-12-19-39-29(36)41-22-24(2)32/h23-25,31-32H,6-22H2,1-5H3. The van der Waals surface area contributed by atoms with Crippen molar-refractivity contribution in [3.05, 3.63) is 0 Å². The Morgan fingerprint density at radius 2 is 1.14 bits per heavy atom. The largest absolute Gasteiger partial charge is 0.508 e. The average Bonchev–Trinajstić information content (AvgIpc) is 2.92. The summed E-state index contributed by atoms with van der Waals surface area (Å²) in [5.74, 6) is -0.881. The van der Waals surface area contributed by atoms with E-state index in [4.69, 9.17) is 33.5 Å². The van der Waals surface area contributed by atoms with Crippen molar-refractivity contribution in [2.75, 3.05) is 39.6 Å². The van der Waals surface area contributed by atoms with Gasteiger partial charge in [0.1, 0.15) is 19.3 Å². The summed E-state index contributed by atoms with van der Waals surface area (Å²) in [6.07, 6.45) is 4.45. The van der Waals surface area contributed by atoms with Crippen LogP contribution in [0.15, 0.2) is 0 Å². The Morgan fingerprint density at radius 3 is 1.74 bits per heavy atom. The zero-order chi connectivity index (χ0) is 31.8. The molecule has 0 bridgehead atoms. The predicted octanol–water partition coefficient (Wildman–Crippen LogP) is 4.05. The number of aliphatic hydroxyl groups is 2. The fourth-order valence-electron chi connectivity index (χ4n) is 3.48. The van der Waals surface area contributed by atoms with Gasteiger partial charge in [0.05, 0.1) is 25.4 Å². The van der Waals surface area contributed by atoms with Gasteiger partial charge in [0.2, 0.25) is 0 Å². The molecular formula is C30H54O12. The molecule has 0 spiro atoms. The molecule has 0 saturated carbocycles. The number of unbranched alkanes of at least 4 members (excludes halogenated alkanes) is 6. The smallest absolute Gasteiger partial charge is 0.466 e. The molecule has 2 N–H and O–H groups in total. The van der Waals surface area contributed by atoms with Crippen LogP contribution in [0.2, 0.25) is 0 Å². The molecule has 0 aliphatic rings. The highest BCUT2D eigenvalue weighted by atomic mass is 16.7.